The average molecular weight is 263 g/mol. The van der Waals surface area contributed by atoms with Gasteiger partial charge in [0.05, 0.1) is 0 Å². The molecule has 19 heavy (non-hydrogen) atoms. The molecule has 0 bridgehead atoms. The van der Waals surface area contributed by atoms with Crippen molar-refractivity contribution in [3.05, 3.63) is 18.2 Å². The first-order chi connectivity index (χ1) is 9.26. The van der Waals surface area contributed by atoms with E-state index in [-0.39, 0.29) is 5.91 Å². The van der Waals surface area contributed by atoms with E-state index in [4.69, 9.17) is 0 Å². The van der Waals surface area contributed by atoms with Crippen LogP contribution in [0.15, 0.2) is 18.2 Å². The summed E-state index contributed by atoms with van der Waals surface area (Å²) in [5, 5.41) is 5.17. The van der Waals surface area contributed by atoms with Crippen LogP contribution in [0.25, 0.3) is 0 Å². The van der Waals surface area contributed by atoms with Crippen molar-refractivity contribution >= 4 is 24.0 Å². The van der Waals surface area contributed by atoms with Gasteiger partial charge in [-0.1, -0.05) is 38.7 Å². The van der Waals surface area contributed by atoms with Crippen molar-refractivity contribution in [2.24, 2.45) is 0 Å². The summed E-state index contributed by atoms with van der Waals surface area (Å²) in [6, 6.07) is 5.09. The van der Waals surface area contributed by atoms with Gasteiger partial charge in [0.15, 0.2) is 0 Å². The third kappa shape index (κ3) is 6.55. The van der Waals surface area contributed by atoms with E-state index in [1.165, 1.54) is 19.3 Å². The number of hydrogen-bond acceptors (Lipinski definition) is 3. The second kappa shape index (κ2) is 9.08. The Bertz CT molecular complexity index is 407. The molecule has 0 spiro atoms. The molecule has 0 aliphatic rings. The lowest BCUT2D eigenvalue weighted by molar-refractivity contribution is -0.116. The molecule has 0 aromatic carbocycles. The van der Waals surface area contributed by atoms with Crippen LogP contribution in [-0.4, -0.2) is 17.3 Å². The van der Waals surface area contributed by atoms with Crippen LogP contribution in [-0.2, 0) is 9.59 Å². The third-order valence-electron chi connectivity index (χ3n) is 2.73. The fourth-order valence-corrected chi connectivity index (χ4v) is 1.74. The number of carbonyl (C=O) groups excluding carboxylic acids is 2. The molecule has 0 radical (unpaired) electrons. The number of carbonyl (C=O) groups is 2. The Labute approximate surface area is 113 Å². The van der Waals surface area contributed by atoms with E-state index in [1.807, 2.05) is 0 Å². The molecule has 0 atom stereocenters. The SMILES string of the molecule is CCCCCCCC(=O)Nc1cccc(NC=O)n1. The molecule has 2 amide bonds. The summed E-state index contributed by atoms with van der Waals surface area (Å²) < 4.78 is 0. The second-order valence-electron chi connectivity index (χ2n) is 4.38. The van der Waals surface area contributed by atoms with Gasteiger partial charge >= 0.3 is 0 Å². The molecular weight excluding hydrogens is 242 g/mol. The molecule has 0 aliphatic heterocycles. The summed E-state index contributed by atoms with van der Waals surface area (Å²) in [7, 11) is 0. The van der Waals surface area contributed by atoms with Crippen molar-refractivity contribution in [2.75, 3.05) is 10.6 Å². The summed E-state index contributed by atoms with van der Waals surface area (Å²) in [4.78, 5) is 26.1. The van der Waals surface area contributed by atoms with Crippen molar-refractivity contribution in [1.82, 2.24) is 4.98 Å². The zero-order valence-corrected chi connectivity index (χ0v) is 11.3. The minimum atomic E-state index is -0.0350. The molecule has 0 fully saturated rings. The van der Waals surface area contributed by atoms with Crippen molar-refractivity contribution < 1.29 is 9.59 Å². The molecule has 5 nitrogen and oxygen atoms in total. The Balaban J connectivity index is 2.31. The summed E-state index contributed by atoms with van der Waals surface area (Å²) in [5.74, 6) is 0.855. The number of hydrogen-bond donors (Lipinski definition) is 2. The van der Waals surface area contributed by atoms with Gasteiger partial charge in [0, 0.05) is 6.42 Å². The first-order valence-electron chi connectivity index (χ1n) is 6.73. The van der Waals surface area contributed by atoms with Gasteiger partial charge in [-0.15, -0.1) is 0 Å². The van der Waals surface area contributed by atoms with Crippen LogP contribution in [0.1, 0.15) is 45.4 Å². The topological polar surface area (TPSA) is 71.1 Å². The molecule has 1 aromatic rings. The maximum absolute atomic E-state index is 11.7. The number of unbranched alkanes of at least 4 members (excludes halogenated alkanes) is 4. The van der Waals surface area contributed by atoms with Crippen LogP contribution in [0.2, 0.25) is 0 Å². The van der Waals surface area contributed by atoms with Crippen molar-refractivity contribution in [1.29, 1.82) is 0 Å². The van der Waals surface area contributed by atoms with E-state index in [9.17, 15) is 9.59 Å². The number of pyridine rings is 1. The highest BCUT2D eigenvalue weighted by Gasteiger charge is 2.03. The Morgan fingerprint density at radius 1 is 1.21 bits per heavy atom. The predicted molar refractivity (Wildman–Crippen MR) is 75.9 cm³/mol. The maximum Gasteiger partial charge on any atom is 0.225 e. The van der Waals surface area contributed by atoms with E-state index in [0.717, 1.165) is 12.8 Å². The molecule has 0 saturated heterocycles. The Morgan fingerprint density at radius 2 is 1.95 bits per heavy atom. The molecular formula is C14H21N3O2. The van der Waals surface area contributed by atoms with E-state index in [2.05, 4.69) is 22.5 Å². The zero-order chi connectivity index (χ0) is 13.9. The number of nitrogens with one attached hydrogen (secondary N) is 2. The maximum atomic E-state index is 11.7. The first-order valence-corrected chi connectivity index (χ1v) is 6.73. The van der Waals surface area contributed by atoms with Crippen LogP contribution >= 0.6 is 0 Å². The number of anilines is 2. The predicted octanol–water partition coefficient (Wildman–Crippen LogP) is 2.95. The van der Waals surface area contributed by atoms with Gasteiger partial charge in [-0.05, 0) is 18.6 Å². The van der Waals surface area contributed by atoms with Gasteiger partial charge < -0.3 is 10.6 Å². The molecule has 1 aromatic heterocycles. The Morgan fingerprint density at radius 3 is 2.68 bits per heavy atom. The lowest BCUT2D eigenvalue weighted by Crippen LogP contribution is -2.12. The fraction of sp³-hybridized carbons (Fsp3) is 0.500. The third-order valence-corrected chi connectivity index (χ3v) is 2.73. The fourth-order valence-electron chi connectivity index (χ4n) is 1.74. The molecule has 0 saturated carbocycles. The summed E-state index contributed by atoms with van der Waals surface area (Å²) in [6.07, 6.45) is 6.66. The standard InChI is InChI=1S/C14H21N3O2/c1-2-3-4-5-6-10-14(19)17-13-9-7-8-12(16-13)15-11-18/h7-9,11H,2-6,10H2,1H3,(H2,15,16,17,18,19). The average Bonchev–Trinajstić information content (AvgIpc) is 2.39. The molecule has 0 aliphatic carbocycles. The van der Waals surface area contributed by atoms with Crippen molar-refractivity contribution in [3.8, 4) is 0 Å². The molecule has 1 rings (SSSR count). The molecule has 1 heterocycles. The number of aromatic nitrogens is 1. The van der Waals surface area contributed by atoms with Gasteiger partial charge in [0.1, 0.15) is 11.6 Å². The largest absolute Gasteiger partial charge is 0.313 e. The van der Waals surface area contributed by atoms with Crippen LogP contribution in [0.4, 0.5) is 11.6 Å². The normalized spacial score (nSPS) is 9.95. The lowest BCUT2D eigenvalue weighted by Gasteiger charge is -2.05. The van der Waals surface area contributed by atoms with Crippen molar-refractivity contribution in [3.63, 3.8) is 0 Å². The highest BCUT2D eigenvalue weighted by Crippen LogP contribution is 2.10. The highest BCUT2D eigenvalue weighted by atomic mass is 16.1. The molecule has 104 valence electrons. The Hall–Kier alpha value is -1.91. The van der Waals surface area contributed by atoms with Crippen LogP contribution in [0.5, 0.6) is 0 Å². The quantitative estimate of drug-likeness (QED) is 0.531. The smallest absolute Gasteiger partial charge is 0.225 e. The molecule has 2 N–H and O–H groups in total. The minimum Gasteiger partial charge on any atom is -0.313 e. The molecule has 5 heteroatoms. The van der Waals surface area contributed by atoms with Gasteiger partial charge in [-0.3, -0.25) is 9.59 Å². The van der Waals surface area contributed by atoms with Gasteiger partial charge in [-0.25, -0.2) is 4.98 Å². The van der Waals surface area contributed by atoms with Crippen molar-refractivity contribution in [2.45, 2.75) is 45.4 Å². The van der Waals surface area contributed by atoms with Gasteiger partial charge in [0.2, 0.25) is 12.3 Å². The number of nitrogens with zero attached hydrogens (tertiary/aromatic N) is 1. The Kier molecular flexibility index (Phi) is 7.24. The van der Waals surface area contributed by atoms with E-state index < -0.39 is 0 Å². The highest BCUT2D eigenvalue weighted by molar-refractivity contribution is 5.90. The van der Waals surface area contributed by atoms with E-state index in [1.54, 1.807) is 18.2 Å². The monoisotopic (exact) mass is 263 g/mol. The van der Waals surface area contributed by atoms with Gasteiger partial charge in [0.25, 0.3) is 0 Å². The number of rotatable bonds is 9. The van der Waals surface area contributed by atoms with E-state index >= 15 is 0 Å². The van der Waals surface area contributed by atoms with Crippen LogP contribution < -0.4 is 10.6 Å². The summed E-state index contributed by atoms with van der Waals surface area (Å²) in [6.45, 7) is 2.17. The van der Waals surface area contributed by atoms with Crippen LogP contribution in [0.3, 0.4) is 0 Å². The van der Waals surface area contributed by atoms with E-state index in [0.29, 0.717) is 24.5 Å². The summed E-state index contributed by atoms with van der Waals surface area (Å²) in [5.41, 5.74) is 0. The minimum absolute atomic E-state index is 0.0350. The first kappa shape index (κ1) is 15.1. The number of amides is 2. The second-order valence-corrected chi connectivity index (χ2v) is 4.38. The lowest BCUT2D eigenvalue weighted by atomic mass is 10.1. The van der Waals surface area contributed by atoms with Crippen LogP contribution in [0, 0.1) is 0 Å². The van der Waals surface area contributed by atoms with Gasteiger partial charge in [-0.2, -0.15) is 0 Å². The molecule has 0 unspecified atom stereocenters. The zero-order valence-electron chi connectivity index (χ0n) is 11.3. The summed E-state index contributed by atoms with van der Waals surface area (Å²) >= 11 is 0.